The van der Waals surface area contributed by atoms with Gasteiger partial charge in [-0.25, -0.2) is 4.79 Å². The number of nitrogens with zero attached hydrogens (tertiary/aromatic N) is 2. The first-order valence-electron chi connectivity index (χ1n) is 9.13. The summed E-state index contributed by atoms with van der Waals surface area (Å²) in [5.74, 6) is 0. The third kappa shape index (κ3) is 4.27. The fourth-order valence-corrected chi connectivity index (χ4v) is 6.08. The van der Waals surface area contributed by atoms with Crippen molar-refractivity contribution in [1.82, 2.24) is 9.80 Å². The number of carbonyl (C=O) groups excluding carboxylic acids is 1. The molecule has 1 rings (SSSR count). The Balaban J connectivity index is 3.49. The predicted octanol–water partition coefficient (Wildman–Crippen LogP) is 4.52. The van der Waals surface area contributed by atoms with Crippen molar-refractivity contribution in [2.75, 3.05) is 27.8 Å². The number of likely N-dealkylation sites (N-methyl/N-ethyl adjacent to an activating group) is 1. The molecule has 0 radical (unpaired) electrons. The van der Waals surface area contributed by atoms with Crippen molar-refractivity contribution in [3.8, 4) is 0 Å². The summed E-state index contributed by atoms with van der Waals surface area (Å²) in [5.41, 5.74) is -0.895. The van der Waals surface area contributed by atoms with Gasteiger partial charge in [-0.15, -0.1) is 0 Å². The molecule has 0 aromatic carbocycles. The first kappa shape index (κ1) is 23.4. The van der Waals surface area contributed by atoms with Crippen LogP contribution in [-0.4, -0.2) is 60.8 Å². The lowest BCUT2D eigenvalue weighted by atomic mass is 9.91. The van der Waals surface area contributed by atoms with Crippen LogP contribution in [0.15, 0.2) is 0 Å². The van der Waals surface area contributed by atoms with Gasteiger partial charge in [-0.05, 0) is 39.7 Å². The molecule has 1 aliphatic heterocycles. The fraction of sp³-hybridized carbons (Fsp3) is 0.944. The van der Waals surface area contributed by atoms with E-state index in [0.29, 0.717) is 6.42 Å². The molecule has 1 amide bonds. The van der Waals surface area contributed by atoms with E-state index in [1.165, 1.54) is 14.2 Å². The lowest BCUT2D eigenvalue weighted by molar-refractivity contribution is -0.00889. The van der Waals surface area contributed by atoms with E-state index < -0.39 is 24.6 Å². The number of amides is 1. The summed E-state index contributed by atoms with van der Waals surface area (Å²) in [7, 11) is 1.20. The summed E-state index contributed by atoms with van der Waals surface area (Å²) < 4.78 is 30.0. The van der Waals surface area contributed by atoms with Crippen molar-refractivity contribution < 1.29 is 23.1 Å². The number of carbonyl (C=O) groups is 1. The predicted molar refractivity (Wildman–Crippen MR) is 103 cm³/mol. The van der Waals surface area contributed by atoms with Gasteiger partial charge in [-0.3, -0.25) is 14.4 Å². The van der Waals surface area contributed by atoms with Gasteiger partial charge in [0.2, 0.25) is 0 Å². The minimum absolute atomic E-state index is 0.229. The number of ether oxygens (including phenoxy) is 1. The second kappa shape index (κ2) is 7.78. The summed E-state index contributed by atoms with van der Waals surface area (Å²) in [6.07, 6.45) is 0.637. The first-order chi connectivity index (χ1) is 11.7. The molecule has 0 aromatic rings. The maximum Gasteiger partial charge on any atom is 0.411 e. The van der Waals surface area contributed by atoms with Crippen molar-refractivity contribution in [2.24, 2.45) is 5.41 Å². The highest BCUT2D eigenvalue weighted by Crippen LogP contribution is 2.65. The van der Waals surface area contributed by atoms with E-state index in [0.717, 1.165) is 6.42 Å². The van der Waals surface area contributed by atoms with E-state index in [4.69, 9.17) is 13.8 Å². The Morgan fingerprint density at radius 2 is 1.65 bits per heavy atom. The molecule has 0 aromatic heterocycles. The van der Waals surface area contributed by atoms with Crippen molar-refractivity contribution in [2.45, 2.75) is 78.4 Å². The van der Waals surface area contributed by atoms with Crippen LogP contribution in [0.1, 0.15) is 61.3 Å². The van der Waals surface area contributed by atoms with Crippen LogP contribution in [-0.2, 0) is 18.3 Å². The van der Waals surface area contributed by atoms with Gasteiger partial charge < -0.3 is 13.8 Å². The van der Waals surface area contributed by atoms with E-state index in [-0.39, 0.29) is 18.1 Å². The minimum Gasteiger partial charge on any atom is -0.444 e. The van der Waals surface area contributed by atoms with Gasteiger partial charge in [0.15, 0.2) is 0 Å². The zero-order chi connectivity index (χ0) is 20.6. The molecule has 1 heterocycles. The van der Waals surface area contributed by atoms with Gasteiger partial charge in [0.1, 0.15) is 10.9 Å². The van der Waals surface area contributed by atoms with Crippen molar-refractivity contribution in [3.05, 3.63) is 0 Å². The molecule has 2 atom stereocenters. The van der Waals surface area contributed by atoms with Crippen molar-refractivity contribution in [1.29, 1.82) is 0 Å². The normalized spacial score (nSPS) is 25.6. The third-order valence-corrected chi connectivity index (χ3v) is 7.45. The molecular weight excluding hydrogens is 355 g/mol. The lowest BCUT2D eigenvalue weighted by Gasteiger charge is -2.43. The highest BCUT2D eigenvalue weighted by atomic mass is 31.2. The van der Waals surface area contributed by atoms with Gasteiger partial charge in [0, 0.05) is 14.2 Å². The van der Waals surface area contributed by atoms with Gasteiger partial charge in [0.25, 0.3) is 0 Å². The zero-order valence-electron chi connectivity index (χ0n) is 18.1. The van der Waals surface area contributed by atoms with Crippen LogP contribution in [0.25, 0.3) is 0 Å². The second-order valence-electron chi connectivity index (χ2n) is 9.05. The van der Waals surface area contributed by atoms with E-state index in [1.54, 1.807) is 4.90 Å². The molecule has 7 nitrogen and oxygen atoms in total. The Bertz CT molecular complexity index is 547. The molecule has 8 heteroatoms. The highest BCUT2D eigenvalue weighted by molar-refractivity contribution is 7.55. The Labute approximate surface area is 158 Å². The van der Waals surface area contributed by atoms with Crippen molar-refractivity contribution >= 4 is 13.7 Å². The van der Waals surface area contributed by atoms with Crippen molar-refractivity contribution in [3.63, 3.8) is 0 Å². The van der Waals surface area contributed by atoms with E-state index in [9.17, 15) is 9.36 Å². The molecule has 0 bridgehead atoms. The average molecular weight is 392 g/mol. The van der Waals surface area contributed by atoms with Crippen LogP contribution in [0.5, 0.6) is 0 Å². The number of rotatable bonds is 5. The van der Waals surface area contributed by atoms with Gasteiger partial charge >= 0.3 is 13.7 Å². The summed E-state index contributed by atoms with van der Waals surface area (Å²) in [6.45, 7) is 13.9. The molecule has 0 aliphatic carbocycles. The Morgan fingerprint density at radius 1 is 1.15 bits per heavy atom. The fourth-order valence-electron chi connectivity index (χ4n) is 3.93. The molecular formula is C18H37N2O5P. The average Bonchev–Trinajstić information content (AvgIpc) is 2.80. The zero-order valence-corrected chi connectivity index (χ0v) is 19.0. The molecule has 0 N–H and O–H groups in total. The molecule has 0 spiro atoms. The Hall–Kier alpha value is -0.620. The monoisotopic (exact) mass is 392 g/mol. The van der Waals surface area contributed by atoms with Gasteiger partial charge in [0.05, 0.1) is 12.7 Å². The third-order valence-electron chi connectivity index (χ3n) is 4.79. The van der Waals surface area contributed by atoms with Crippen LogP contribution in [0.4, 0.5) is 4.79 Å². The molecule has 1 saturated heterocycles. The van der Waals surface area contributed by atoms with E-state index >= 15 is 0 Å². The topological polar surface area (TPSA) is 68.3 Å². The lowest BCUT2D eigenvalue weighted by Crippen LogP contribution is -2.52. The molecule has 0 unspecified atom stereocenters. The summed E-state index contributed by atoms with van der Waals surface area (Å²) >= 11 is 0. The molecule has 1 aliphatic rings. The maximum absolute atomic E-state index is 13.5. The van der Waals surface area contributed by atoms with Crippen LogP contribution in [0, 0.1) is 5.41 Å². The second-order valence-corrected chi connectivity index (χ2v) is 11.6. The summed E-state index contributed by atoms with van der Waals surface area (Å²) in [5, 5.41) is -0.917. The quantitative estimate of drug-likeness (QED) is 0.641. The molecule has 1 fully saturated rings. The number of hydrogen-bond donors (Lipinski definition) is 0. The van der Waals surface area contributed by atoms with Crippen LogP contribution in [0.2, 0.25) is 0 Å². The van der Waals surface area contributed by atoms with Crippen LogP contribution >= 0.6 is 7.60 Å². The minimum atomic E-state index is -3.49. The van der Waals surface area contributed by atoms with Crippen LogP contribution < -0.4 is 0 Å². The Morgan fingerprint density at radius 3 is 2.00 bits per heavy atom. The largest absolute Gasteiger partial charge is 0.444 e. The van der Waals surface area contributed by atoms with E-state index in [1.807, 2.05) is 39.6 Å². The first-order valence-corrected chi connectivity index (χ1v) is 10.7. The maximum atomic E-state index is 13.5. The summed E-state index contributed by atoms with van der Waals surface area (Å²) in [4.78, 5) is 16.6. The molecule has 154 valence electrons. The van der Waals surface area contributed by atoms with Gasteiger partial charge in [-0.2, -0.15) is 0 Å². The molecule has 0 saturated carbocycles. The smallest absolute Gasteiger partial charge is 0.411 e. The number of hydrogen-bond acceptors (Lipinski definition) is 6. The van der Waals surface area contributed by atoms with E-state index in [2.05, 4.69) is 20.8 Å². The molecule has 26 heavy (non-hydrogen) atoms. The highest BCUT2D eigenvalue weighted by Gasteiger charge is 2.63. The van der Waals surface area contributed by atoms with Gasteiger partial charge in [-0.1, -0.05) is 34.1 Å². The summed E-state index contributed by atoms with van der Waals surface area (Å²) in [6, 6.07) is 0. The SMILES string of the molecule is CCC[C@@]1(P(=O)(OC)OC)CN(C(=O)OC(C)(C)C)[C@H](C(C)(C)C)N1C. The van der Waals surface area contributed by atoms with Crippen LogP contribution in [0.3, 0.4) is 0 Å². The standard InChI is InChI=1S/C18H37N2O5P/c1-11-12-18(26(22,23-9)24-10)13-20(15(21)25-17(5,6)7)14(19(18)8)16(2,3)4/h14H,11-13H2,1-10H3/t14-,18-/m1/s1. The Kier molecular flexibility index (Phi) is 7.01.